The number of benzene rings is 2. The summed E-state index contributed by atoms with van der Waals surface area (Å²) in [5.41, 5.74) is 9.49. The van der Waals surface area contributed by atoms with Crippen LogP contribution in [0.2, 0.25) is 0 Å². The maximum Gasteiger partial charge on any atom is 0.300 e. The summed E-state index contributed by atoms with van der Waals surface area (Å²) in [6.45, 7) is 0. The largest absolute Gasteiger partial charge is 0.382 e. The van der Waals surface area contributed by atoms with Crippen LogP contribution in [0.25, 0.3) is 22.5 Å². The van der Waals surface area contributed by atoms with E-state index in [2.05, 4.69) is 15.0 Å². The zero-order valence-corrected chi connectivity index (χ0v) is 12.1. The second kappa shape index (κ2) is 5.14. The molecule has 1 aliphatic rings. The van der Waals surface area contributed by atoms with Gasteiger partial charge in [0.2, 0.25) is 0 Å². The smallest absolute Gasteiger partial charge is 0.300 e. The molecule has 4 rings (SSSR count). The maximum atomic E-state index is 11.9. The number of amides is 1. The predicted molar refractivity (Wildman–Crippen MR) is 88.0 cm³/mol. The summed E-state index contributed by atoms with van der Waals surface area (Å²) in [5.74, 6) is -0.323. The first-order chi connectivity index (χ1) is 11.2. The molecule has 5 nitrogen and oxygen atoms in total. The molecule has 1 aromatic heterocycles. The summed E-state index contributed by atoms with van der Waals surface area (Å²) in [6.07, 6.45) is 0. The van der Waals surface area contributed by atoms with Gasteiger partial charge in [-0.2, -0.15) is 4.99 Å². The third kappa shape index (κ3) is 2.19. The zero-order valence-electron chi connectivity index (χ0n) is 12.1. The number of carbonyl (C=O) groups is 1. The molecule has 23 heavy (non-hydrogen) atoms. The Balaban J connectivity index is 2.02. The van der Waals surface area contributed by atoms with Gasteiger partial charge in [-0.05, 0) is 0 Å². The molecule has 0 aliphatic carbocycles. The summed E-state index contributed by atoms with van der Waals surface area (Å²) in [6, 6.07) is 19.4. The first-order valence-corrected chi connectivity index (χ1v) is 7.16. The molecule has 2 N–H and O–H groups in total. The highest BCUT2D eigenvalue weighted by atomic mass is 16.1. The lowest BCUT2D eigenvalue weighted by atomic mass is 10.0. The monoisotopic (exact) mass is 300 g/mol. The molecule has 0 bridgehead atoms. The Hall–Kier alpha value is -3.34. The van der Waals surface area contributed by atoms with Crippen molar-refractivity contribution < 1.29 is 4.79 Å². The molecular weight excluding hydrogens is 288 g/mol. The Bertz CT molecular complexity index is 934. The van der Waals surface area contributed by atoms with E-state index in [0.29, 0.717) is 17.1 Å². The average Bonchev–Trinajstić information content (AvgIpc) is 2.89. The van der Waals surface area contributed by atoms with E-state index in [1.807, 2.05) is 60.7 Å². The van der Waals surface area contributed by atoms with Crippen LogP contribution in [-0.2, 0) is 0 Å². The fraction of sp³-hybridized carbons (Fsp3) is 0. The van der Waals surface area contributed by atoms with Crippen molar-refractivity contribution in [2.45, 2.75) is 0 Å². The van der Waals surface area contributed by atoms with Gasteiger partial charge in [-0.1, -0.05) is 60.7 Å². The van der Waals surface area contributed by atoms with Crippen molar-refractivity contribution >= 4 is 11.7 Å². The normalized spacial score (nSPS) is 12.9. The quantitative estimate of drug-likeness (QED) is 0.789. The minimum absolute atomic E-state index is 0.120. The summed E-state index contributed by atoms with van der Waals surface area (Å²) < 4.78 is 0. The fourth-order valence-electron chi connectivity index (χ4n) is 2.57. The number of nitrogens with two attached hydrogens (primary N) is 1. The Morgan fingerprint density at radius 1 is 0.652 bits per heavy atom. The number of amidine groups is 1. The van der Waals surface area contributed by atoms with Gasteiger partial charge < -0.3 is 5.73 Å². The molecule has 5 heteroatoms. The number of carbonyl (C=O) groups excluding carboxylic acids is 1. The number of hydrogen-bond donors (Lipinski definition) is 1. The van der Waals surface area contributed by atoms with Crippen LogP contribution >= 0.6 is 0 Å². The number of hydrogen-bond acceptors (Lipinski definition) is 4. The van der Waals surface area contributed by atoms with Gasteiger partial charge in [0.05, 0.1) is 11.4 Å². The lowest BCUT2D eigenvalue weighted by Crippen LogP contribution is -2.14. The summed E-state index contributed by atoms with van der Waals surface area (Å²) in [4.78, 5) is 24.8. The van der Waals surface area contributed by atoms with Crippen molar-refractivity contribution in [1.29, 1.82) is 0 Å². The van der Waals surface area contributed by atoms with Crippen LogP contribution in [0.5, 0.6) is 0 Å². The molecule has 1 amide bonds. The molecule has 0 spiro atoms. The number of nitrogens with zero attached hydrogens (tertiary/aromatic N) is 3. The second-order valence-electron chi connectivity index (χ2n) is 5.15. The van der Waals surface area contributed by atoms with E-state index in [1.165, 1.54) is 0 Å². The Morgan fingerprint density at radius 2 is 1.13 bits per heavy atom. The van der Waals surface area contributed by atoms with Gasteiger partial charge in [0.25, 0.3) is 5.91 Å². The highest BCUT2D eigenvalue weighted by Crippen LogP contribution is 2.31. The zero-order chi connectivity index (χ0) is 15.8. The highest BCUT2D eigenvalue weighted by molar-refractivity contribution is 6.18. The molecule has 1 aliphatic heterocycles. The third-order valence-electron chi connectivity index (χ3n) is 3.66. The topological polar surface area (TPSA) is 81.2 Å². The lowest BCUT2D eigenvalue weighted by Gasteiger charge is -2.10. The summed E-state index contributed by atoms with van der Waals surface area (Å²) in [5, 5.41) is 0. The van der Waals surface area contributed by atoms with Crippen molar-refractivity contribution in [3.63, 3.8) is 0 Å². The molecule has 0 atom stereocenters. The number of rotatable bonds is 2. The van der Waals surface area contributed by atoms with E-state index in [9.17, 15) is 4.79 Å². The fourth-order valence-corrected chi connectivity index (χ4v) is 2.57. The molecule has 3 aromatic rings. The van der Waals surface area contributed by atoms with E-state index in [-0.39, 0.29) is 11.5 Å². The van der Waals surface area contributed by atoms with Crippen molar-refractivity contribution in [2.75, 3.05) is 0 Å². The standard InChI is InChI=1S/C18H12N4O/c19-17-15-16(18(23)22-17)21-14(12-9-5-2-6-10-12)13(20-15)11-7-3-1-4-8-11/h1-10H,(H2,19,22,23). The minimum Gasteiger partial charge on any atom is -0.382 e. The minimum atomic E-state index is -0.443. The summed E-state index contributed by atoms with van der Waals surface area (Å²) in [7, 11) is 0. The van der Waals surface area contributed by atoms with E-state index in [0.717, 1.165) is 11.1 Å². The van der Waals surface area contributed by atoms with E-state index >= 15 is 0 Å². The molecule has 110 valence electrons. The first-order valence-electron chi connectivity index (χ1n) is 7.16. The SMILES string of the molecule is NC1=NC(=O)c2nc(-c3ccccc3)c(-c3ccccc3)nc21. The predicted octanol–water partition coefficient (Wildman–Crippen LogP) is 2.67. The van der Waals surface area contributed by atoms with E-state index < -0.39 is 5.91 Å². The van der Waals surface area contributed by atoms with Crippen molar-refractivity contribution in [1.82, 2.24) is 9.97 Å². The van der Waals surface area contributed by atoms with E-state index in [1.54, 1.807) is 0 Å². The molecule has 0 saturated heterocycles. The van der Waals surface area contributed by atoms with Crippen molar-refractivity contribution in [2.24, 2.45) is 10.7 Å². The highest BCUT2D eigenvalue weighted by Gasteiger charge is 2.27. The third-order valence-corrected chi connectivity index (χ3v) is 3.66. The Labute approximate surface area is 132 Å². The van der Waals surface area contributed by atoms with Crippen LogP contribution in [0.3, 0.4) is 0 Å². The molecule has 0 unspecified atom stereocenters. The van der Waals surface area contributed by atoms with Crippen LogP contribution in [-0.4, -0.2) is 21.7 Å². The van der Waals surface area contributed by atoms with Crippen LogP contribution in [0.15, 0.2) is 65.7 Å². The lowest BCUT2D eigenvalue weighted by molar-refractivity contribution is 0.100. The van der Waals surface area contributed by atoms with E-state index in [4.69, 9.17) is 5.73 Å². The van der Waals surface area contributed by atoms with Gasteiger partial charge in [-0.25, -0.2) is 9.97 Å². The molecule has 2 heterocycles. The van der Waals surface area contributed by atoms with Crippen molar-refractivity contribution in [3.8, 4) is 22.5 Å². The van der Waals surface area contributed by atoms with Crippen LogP contribution in [0.4, 0.5) is 0 Å². The van der Waals surface area contributed by atoms with Crippen molar-refractivity contribution in [3.05, 3.63) is 72.1 Å². The van der Waals surface area contributed by atoms with Crippen LogP contribution in [0, 0.1) is 0 Å². The molecule has 0 radical (unpaired) electrons. The maximum absolute atomic E-state index is 11.9. The number of aromatic nitrogens is 2. The Kier molecular flexibility index (Phi) is 2.98. The van der Waals surface area contributed by atoms with Gasteiger partial charge in [-0.15, -0.1) is 0 Å². The number of aliphatic imine (C=N–C) groups is 1. The van der Waals surface area contributed by atoms with Gasteiger partial charge >= 0.3 is 0 Å². The molecule has 0 fully saturated rings. The van der Waals surface area contributed by atoms with Gasteiger partial charge in [0.15, 0.2) is 11.5 Å². The molecule has 2 aromatic carbocycles. The van der Waals surface area contributed by atoms with Gasteiger partial charge in [0, 0.05) is 11.1 Å². The summed E-state index contributed by atoms with van der Waals surface area (Å²) >= 11 is 0. The molecule has 0 saturated carbocycles. The van der Waals surface area contributed by atoms with Crippen LogP contribution in [0.1, 0.15) is 16.2 Å². The van der Waals surface area contributed by atoms with Gasteiger partial charge in [-0.3, -0.25) is 4.79 Å². The van der Waals surface area contributed by atoms with Gasteiger partial charge in [0.1, 0.15) is 5.69 Å². The Morgan fingerprint density at radius 3 is 1.65 bits per heavy atom. The second-order valence-corrected chi connectivity index (χ2v) is 5.15. The average molecular weight is 300 g/mol. The van der Waals surface area contributed by atoms with Crippen LogP contribution < -0.4 is 5.73 Å². The molecular formula is C18H12N4O. The number of fused-ring (bicyclic) bond motifs is 1. The first kappa shape index (κ1) is 13.3.